The van der Waals surface area contributed by atoms with Crippen molar-refractivity contribution < 1.29 is 4.74 Å². The first kappa shape index (κ1) is 9.21. The lowest BCUT2D eigenvalue weighted by Crippen LogP contribution is -1.99. The van der Waals surface area contributed by atoms with Crippen LogP contribution >= 0.6 is 11.6 Å². The largest absolute Gasteiger partial charge is 0.372 e. The summed E-state index contributed by atoms with van der Waals surface area (Å²) in [6.45, 7) is 0.878. The zero-order valence-electron chi connectivity index (χ0n) is 6.22. The predicted molar refractivity (Wildman–Crippen MR) is 40.1 cm³/mol. The third kappa shape index (κ3) is 11.7. The van der Waals surface area contributed by atoms with Gasteiger partial charge in [-0.1, -0.05) is 0 Å². The maximum Gasteiger partial charge on any atom is 0.0944 e. The normalized spacial score (nSPS) is 23.0. The molecule has 0 aromatic heterocycles. The van der Waals surface area contributed by atoms with E-state index in [0.717, 1.165) is 6.61 Å². The Kier molecular flexibility index (Phi) is 5.15. The Hall–Kier alpha value is 0.210. The zero-order chi connectivity index (χ0) is 7.28. The summed E-state index contributed by atoms with van der Waals surface area (Å²) in [4.78, 5) is 2.00. The van der Waals surface area contributed by atoms with Crippen molar-refractivity contribution >= 4 is 11.6 Å². The number of nitrogens with zero attached hydrogens (tertiary/aromatic N) is 1. The lowest BCUT2D eigenvalue weighted by molar-refractivity contribution is 0.425. The van der Waals surface area contributed by atoms with E-state index >= 15 is 0 Å². The predicted octanol–water partition coefficient (Wildman–Crippen LogP) is 0.802. The van der Waals surface area contributed by atoms with Gasteiger partial charge >= 0.3 is 0 Å². The average molecular weight is 152 g/mol. The molecule has 0 saturated carbocycles. The molecule has 1 rings (SSSR count). The van der Waals surface area contributed by atoms with Crippen LogP contribution in [0.1, 0.15) is 0 Å². The van der Waals surface area contributed by atoms with Gasteiger partial charge in [0.05, 0.1) is 18.6 Å². The highest BCUT2D eigenvalue weighted by Gasteiger charge is 2.19. The summed E-state index contributed by atoms with van der Waals surface area (Å²) in [5, 5.41) is 0. The van der Waals surface area contributed by atoms with E-state index in [1.807, 2.05) is 26.0 Å². The molecule has 1 aliphatic rings. The quantitative estimate of drug-likeness (QED) is 0.407. The van der Waals surface area contributed by atoms with Gasteiger partial charge in [-0.05, 0) is 21.1 Å². The monoisotopic (exact) mass is 151 g/mol. The first-order chi connectivity index (χ1) is 4.16. The van der Waals surface area contributed by atoms with Crippen LogP contribution in [0.3, 0.4) is 0 Å². The molecular weight excluding hydrogens is 138 g/mol. The van der Waals surface area contributed by atoms with E-state index in [1.54, 1.807) is 0 Å². The highest BCUT2D eigenvalue weighted by atomic mass is 35.5. The number of alkyl halides is 1. The van der Waals surface area contributed by atoms with Gasteiger partial charge < -0.3 is 9.64 Å². The molecule has 0 N–H and O–H groups in total. The molecule has 1 saturated heterocycles. The van der Waals surface area contributed by atoms with Gasteiger partial charge in [-0.2, -0.15) is 0 Å². The molecule has 0 aromatic rings. The summed E-state index contributed by atoms with van der Waals surface area (Å²) in [7, 11) is 6.00. The Balaban J connectivity index is 0.000000148. The summed E-state index contributed by atoms with van der Waals surface area (Å²) in [6, 6.07) is 0. The topological polar surface area (TPSA) is 15.8 Å². The van der Waals surface area contributed by atoms with Crippen LogP contribution in [-0.4, -0.2) is 44.6 Å². The SMILES string of the molecule is CN(C)C.ClCC1CO1. The molecule has 1 atom stereocenters. The maximum atomic E-state index is 5.27. The summed E-state index contributed by atoms with van der Waals surface area (Å²) >= 11 is 5.27. The molecule has 1 aliphatic heterocycles. The average Bonchev–Trinajstić information content (AvgIpc) is 2.43. The Morgan fingerprint density at radius 3 is 1.89 bits per heavy atom. The standard InChI is InChI=1S/C3H5ClO.C3H9N/c4-1-3-2-5-3;1-4(2)3/h3H,1-2H2;1-3H3. The van der Waals surface area contributed by atoms with Gasteiger partial charge in [0.1, 0.15) is 0 Å². The molecule has 1 fully saturated rings. The number of ether oxygens (including phenoxy) is 1. The number of hydrogen-bond donors (Lipinski definition) is 0. The van der Waals surface area contributed by atoms with Gasteiger partial charge in [-0.15, -0.1) is 11.6 Å². The fourth-order valence-corrected chi connectivity index (χ4v) is 0.335. The first-order valence-corrected chi connectivity index (χ1v) is 3.48. The minimum absolute atomic E-state index is 0.400. The molecule has 0 bridgehead atoms. The molecule has 0 radical (unpaired) electrons. The van der Waals surface area contributed by atoms with Crippen LogP contribution in [0.4, 0.5) is 0 Å². The van der Waals surface area contributed by atoms with Crippen LogP contribution in [0.15, 0.2) is 0 Å². The van der Waals surface area contributed by atoms with Crippen molar-refractivity contribution in [3.63, 3.8) is 0 Å². The zero-order valence-corrected chi connectivity index (χ0v) is 6.98. The van der Waals surface area contributed by atoms with Crippen molar-refractivity contribution in [3.8, 4) is 0 Å². The van der Waals surface area contributed by atoms with E-state index in [4.69, 9.17) is 16.3 Å². The third-order valence-corrected chi connectivity index (χ3v) is 0.919. The lowest BCUT2D eigenvalue weighted by Gasteiger charge is -1.90. The fraction of sp³-hybridized carbons (Fsp3) is 1.00. The Labute approximate surface area is 61.7 Å². The van der Waals surface area contributed by atoms with E-state index in [9.17, 15) is 0 Å². The van der Waals surface area contributed by atoms with Crippen molar-refractivity contribution in [1.82, 2.24) is 4.90 Å². The molecule has 9 heavy (non-hydrogen) atoms. The second kappa shape index (κ2) is 5.03. The highest BCUT2D eigenvalue weighted by molar-refractivity contribution is 6.18. The first-order valence-electron chi connectivity index (χ1n) is 2.95. The van der Waals surface area contributed by atoms with Gasteiger partial charge in [0.2, 0.25) is 0 Å². The van der Waals surface area contributed by atoms with Gasteiger partial charge in [-0.3, -0.25) is 0 Å². The second-order valence-corrected chi connectivity index (χ2v) is 2.76. The van der Waals surface area contributed by atoms with E-state index < -0.39 is 0 Å². The summed E-state index contributed by atoms with van der Waals surface area (Å²) < 4.78 is 4.73. The molecule has 0 aliphatic carbocycles. The molecule has 3 heteroatoms. The van der Waals surface area contributed by atoms with Crippen LogP contribution in [0.25, 0.3) is 0 Å². The molecule has 0 amide bonds. The maximum absolute atomic E-state index is 5.27. The van der Waals surface area contributed by atoms with Crippen molar-refractivity contribution in [1.29, 1.82) is 0 Å². The minimum atomic E-state index is 0.400. The van der Waals surface area contributed by atoms with Crippen LogP contribution in [0, 0.1) is 0 Å². The molecule has 1 unspecified atom stereocenters. The van der Waals surface area contributed by atoms with Crippen LogP contribution in [0.2, 0.25) is 0 Å². The lowest BCUT2D eigenvalue weighted by atomic mass is 10.6. The molecule has 1 heterocycles. The fourth-order valence-electron chi connectivity index (χ4n) is 0.157. The number of hydrogen-bond acceptors (Lipinski definition) is 2. The van der Waals surface area contributed by atoms with Crippen molar-refractivity contribution in [2.45, 2.75) is 6.10 Å². The molecular formula is C6H14ClNO. The van der Waals surface area contributed by atoms with Crippen molar-refractivity contribution in [2.24, 2.45) is 0 Å². The van der Waals surface area contributed by atoms with E-state index in [2.05, 4.69) is 0 Å². The number of epoxide rings is 1. The van der Waals surface area contributed by atoms with Crippen LogP contribution < -0.4 is 0 Å². The Morgan fingerprint density at radius 2 is 1.89 bits per heavy atom. The van der Waals surface area contributed by atoms with Gasteiger partial charge in [0.25, 0.3) is 0 Å². The number of rotatable bonds is 1. The van der Waals surface area contributed by atoms with Gasteiger partial charge in [-0.25, -0.2) is 0 Å². The Morgan fingerprint density at radius 1 is 1.56 bits per heavy atom. The minimum Gasteiger partial charge on any atom is -0.372 e. The van der Waals surface area contributed by atoms with Crippen LogP contribution in [-0.2, 0) is 4.74 Å². The highest BCUT2D eigenvalue weighted by Crippen LogP contribution is 2.08. The Bertz CT molecular complexity index is 61.3. The van der Waals surface area contributed by atoms with Crippen LogP contribution in [0.5, 0.6) is 0 Å². The molecule has 0 spiro atoms. The molecule has 56 valence electrons. The molecule has 2 nitrogen and oxygen atoms in total. The van der Waals surface area contributed by atoms with Gasteiger partial charge in [0, 0.05) is 0 Å². The summed E-state index contributed by atoms with van der Waals surface area (Å²) in [5.41, 5.74) is 0. The van der Waals surface area contributed by atoms with Crippen molar-refractivity contribution in [3.05, 3.63) is 0 Å². The van der Waals surface area contributed by atoms with Crippen molar-refractivity contribution in [2.75, 3.05) is 33.6 Å². The second-order valence-electron chi connectivity index (χ2n) is 2.45. The number of halogens is 1. The van der Waals surface area contributed by atoms with Gasteiger partial charge in [0.15, 0.2) is 0 Å². The smallest absolute Gasteiger partial charge is 0.0944 e. The van der Waals surface area contributed by atoms with E-state index in [1.165, 1.54) is 0 Å². The third-order valence-electron chi connectivity index (χ3n) is 0.574. The molecule has 0 aromatic carbocycles. The van der Waals surface area contributed by atoms with E-state index in [0.29, 0.717) is 12.0 Å². The summed E-state index contributed by atoms with van der Waals surface area (Å²) in [6.07, 6.45) is 0.400. The summed E-state index contributed by atoms with van der Waals surface area (Å²) in [5.74, 6) is 0.667. The van der Waals surface area contributed by atoms with E-state index in [-0.39, 0.29) is 0 Å².